The summed E-state index contributed by atoms with van der Waals surface area (Å²) in [6.07, 6.45) is 1.06. The monoisotopic (exact) mass is 647 g/mol. The molecule has 0 aromatic heterocycles. The Morgan fingerprint density at radius 3 is 2.15 bits per heavy atom. The van der Waals surface area contributed by atoms with Crippen molar-refractivity contribution in [3.63, 3.8) is 0 Å². The normalized spacial score (nSPS) is 12.8. The molecule has 0 heterocycles. The van der Waals surface area contributed by atoms with Crippen LogP contribution in [0.5, 0.6) is 0 Å². The molecular weight excluding hydrogens is 614 g/mol. The SMILES string of the molecule is CC[C@H](C)NC(=O)[C@H](CC)N(Cc1ccccc1Cl)C(=O)CN(c1ccc(Br)cc1)S(=O)(=O)c1ccc(C)cc1. The largest absolute Gasteiger partial charge is 0.352 e. The summed E-state index contributed by atoms with van der Waals surface area (Å²) in [5.74, 6) is -0.821. The minimum atomic E-state index is -4.13. The van der Waals surface area contributed by atoms with Crippen LogP contribution in [0, 0.1) is 6.92 Å². The third-order valence-corrected chi connectivity index (χ3v) is 9.37. The lowest BCUT2D eigenvalue weighted by molar-refractivity contribution is -0.140. The zero-order valence-electron chi connectivity index (χ0n) is 23.1. The third kappa shape index (κ3) is 7.86. The van der Waals surface area contributed by atoms with Gasteiger partial charge in [0.15, 0.2) is 0 Å². The highest BCUT2D eigenvalue weighted by Crippen LogP contribution is 2.27. The Bertz CT molecular complexity index is 1420. The smallest absolute Gasteiger partial charge is 0.264 e. The molecule has 214 valence electrons. The van der Waals surface area contributed by atoms with Gasteiger partial charge in [0, 0.05) is 22.1 Å². The van der Waals surface area contributed by atoms with Crippen molar-refractivity contribution in [2.75, 3.05) is 10.8 Å². The maximum absolute atomic E-state index is 14.1. The molecule has 0 radical (unpaired) electrons. The zero-order valence-corrected chi connectivity index (χ0v) is 26.3. The second-order valence-electron chi connectivity index (χ2n) is 9.66. The molecule has 3 aromatic rings. The number of carbonyl (C=O) groups excluding carboxylic acids is 2. The van der Waals surface area contributed by atoms with Gasteiger partial charge >= 0.3 is 0 Å². The van der Waals surface area contributed by atoms with Crippen molar-refractivity contribution in [2.45, 2.75) is 64.1 Å². The van der Waals surface area contributed by atoms with Gasteiger partial charge in [-0.25, -0.2) is 8.42 Å². The average Bonchev–Trinajstić information content (AvgIpc) is 2.93. The van der Waals surface area contributed by atoms with E-state index in [1.807, 2.05) is 27.7 Å². The first-order valence-corrected chi connectivity index (χ1v) is 15.8. The number of hydrogen-bond acceptors (Lipinski definition) is 4. The number of aryl methyl sites for hydroxylation is 1. The number of sulfonamides is 1. The van der Waals surface area contributed by atoms with Crippen molar-refractivity contribution < 1.29 is 18.0 Å². The molecule has 0 fully saturated rings. The Labute approximate surface area is 250 Å². The van der Waals surface area contributed by atoms with E-state index >= 15 is 0 Å². The number of rotatable bonds is 12. The lowest BCUT2D eigenvalue weighted by Crippen LogP contribution is -2.53. The summed E-state index contributed by atoms with van der Waals surface area (Å²) in [7, 11) is -4.13. The van der Waals surface area contributed by atoms with E-state index in [2.05, 4.69) is 21.2 Å². The number of halogens is 2. The summed E-state index contributed by atoms with van der Waals surface area (Å²) in [5.41, 5.74) is 1.89. The molecule has 0 saturated carbocycles. The van der Waals surface area contributed by atoms with Gasteiger partial charge < -0.3 is 10.2 Å². The summed E-state index contributed by atoms with van der Waals surface area (Å²) in [6.45, 7) is 7.09. The van der Waals surface area contributed by atoms with Gasteiger partial charge in [0.1, 0.15) is 12.6 Å². The van der Waals surface area contributed by atoms with Crippen molar-refractivity contribution >= 4 is 55.1 Å². The molecule has 0 spiro atoms. The predicted molar refractivity (Wildman–Crippen MR) is 164 cm³/mol. The van der Waals surface area contributed by atoms with E-state index in [-0.39, 0.29) is 23.4 Å². The quantitative estimate of drug-likeness (QED) is 0.249. The van der Waals surface area contributed by atoms with Gasteiger partial charge in [0.05, 0.1) is 10.6 Å². The fourth-order valence-electron chi connectivity index (χ4n) is 4.14. The van der Waals surface area contributed by atoms with Gasteiger partial charge in [-0.2, -0.15) is 0 Å². The molecule has 0 aliphatic heterocycles. The topological polar surface area (TPSA) is 86.8 Å². The minimum Gasteiger partial charge on any atom is -0.352 e. The van der Waals surface area contributed by atoms with Gasteiger partial charge in [-0.1, -0.05) is 77.3 Å². The fraction of sp³-hybridized carbons (Fsp3) is 0.333. The molecule has 10 heteroatoms. The summed E-state index contributed by atoms with van der Waals surface area (Å²) in [6, 6.07) is 19.4. The Kier molecular flexibility index (Phi) is 11.2. The Balaban J connectivity index is 2.06. The van der Waals surface area contributed by atoms with E-state index in [1.54, 1.807) is 60.7 Å². The van der Waals surface area contributed by atoms with Crippen molar-refractivity contribution in [3.8, 4) is 0 Å². The number of nitrogens with one attached hydrogen (secondary N) is 1. The molecular formula is C30H35BrClN3O4S. The van der Waals surface area contributed by atoms with E-state index in [0.717, 1.165) is 20.8 Å². The average molecular weight is 649 g/mol. The molecule has 2 atom stereocenters. The Morgan fingerprint density at radius 2 is 1.57 bits per heavy atom. The first kappa shape index (κ1) is 31.6. The molecule has 0 saturated heterocycles. The van der Waals surface area contributed by atoms with Crippen LogP contribution in [0.15, 0.2) is 82.2 Å². The molecule has 40 heavy (non-hydrogen) atoms. The molecule has 7 nitrogen and oxygen atoms in total. The molecule has 1 N–H and O–H groups in total. The van der Waals surface area contributed by atoms with Crippen LogP contribution in [-0.2, 0) is 26.2 Å². The summed E-state index contributed by atoms with van der Waals surface area (Å²) in [4.78, 5) is 28.9. The van der Waals surface area contributed by atoms with Crippen molar-refractivity contribution in [1.82, 2.24) is 10.2 Å². The summed E-state index contributed by atoms with van der Waals surface area (Å²) in [5, 5.41) is 3.42. The predicted octanol–water partition coefficient (Wildman–Crippen LogP) is 6.33. The fourth-order valence-corrected chi connectivity index (χ4v) is 6.02. The Hall–Kier alpha value is -2.88. The standard InChI is InChI=1S/C30H35BrClN3O4S/c1-5-22(4)33-30(37)28(6-2)34(19-23-9-7-8-10-27(23)32)29(36)20-35(25-15-13-24(31)14-16-25)40(38,39)26-17-11-21(3)12-18-26/h7-18,22,28H,5-6,19-20H2,1-4H3,(H,33,37)/t22-,28-/m0/s1. The number of carbonyl (C=O) groups is 2. The van der Waals surface area contributed by atoms with Crippen LogP contribution in [0.25, 0.3) is 0 Å². The van der Waals surface area contributed by atoms with Gasteiger partial charge in [-0.3, -0.25) is 13.9 Å². The Morgan fingerprint density at radius 1 is 0.950 bits per heavy atom. The van der Waals surface area contributed by atoms with E-state index in [0.29, 0.717) is 22.7 Å². The number of amides is 2. The summed E-state index contributed by atoms with van der Waals surface area (Å²) < 4.78 is 29.7. The number of hydrogen-bond donors (Lipinski definition) is 1. The second kappa shape index (κ2) is 14.1. The highest BCUT2D eigenvalue weighted by atomic mass is 79.9. The molecule has 3 aromatic carbocycles. The zero-order chi connectivity index (χ0) is 29.4. The van der Waals surface area contributed by atoms with Crippen LogP contribution in [-0.4, -0.2) is 43.8 Å². The lowest BCUT2D eigenvalue weighted by Gasteiger charge is -2.34. The van der Waals surface area contributed by atoms with Crippen molar-refractivity contribution in [2.24, 2.45) is 0 Å². The van der Waals surface area contributed by atoms with Crippen LogP contribution < -0.4 is 9.62 Å². The highest BCUT2D eigenvalue weighted by Gasteiger charge is 2.34. The molecule has 0 aliphatic carbocycles. The van der Waals surface area contributed by atoms with E-state index in [1.165, 1.54) is 17.0 Å². The van der Waals surface area contributed by atoms with Crippen LogP contribution in [0.3, 0.4) is 0 Å². The van der Waals surface area contributed by atoms with Crippen molar-refractivity contribution in [1.29, 1.82) is 0 Å². The summed E-state index contributed by atoms with van der Waals surface area (Å²) >= 11 is 9.83. The first-order valence-electron chi connectivity index (χ1n) is 13.2. The molecule has 0 unspecified atom stereocenters. The number of nitrogens with zero attached hydrogens (tertiary/aromatic N) is 2. The van der Waals surface area contributed by atoms with Gasteiger partial charge in [-0.15, -0.1) is 0 Å². The van der Waals surface area contributed by atoms with Crippen LogP contribution in [0.4, 0.5) is 5.69 Å². The molecule has 0 bridgehead atoms. The third-order valence-electron chi connectivity index (χ3n) is 6.69. The van der Waals surface area contributed by atoms with Gasteiger partial charge in [0.25, 0.3) is 10.0 Å². The minimum absolute atomic E-state index is 0.0453. The van der Waals surface area contributed by atoms with Crippen LogP contribution in [0.1, 0.15) is 44.7 Å². The van der Waals surface area contributed by atoms with Crippen molar-refractivity contribution in [3.05, 3.63) is 93.4 Å². The number of benzene rings is 3. The maximum Gasteiger partial charge on any atom is 0.264 e. The first-order chi connectivity index (χ1) is 19.0. The van der Waals surface area contributed by atoms with Gasteiger partial charge in [-0.05, 0) is 74.7 Å². The molecule has 2 amide bonds. The number of anilines is 1. The molecule has 3 rings (SSSR count). The van der Waals surface area contributed by atoms with Crippen LogP contribution >= 0.6 is 27.5 Å². The highest BCUT2D eigenvalue weighted by molar-refractivity contribution is 9.10. The molecule has 0 aliphatic rings. The second-order valence-corrected chi connectivity index (χ2v) is 12.8. The van der Waals surface area contributed by atoms with E-state index in [9.17, 15) is 18.0 Å². The van der Waals surface area contributed by atoms with E-state index in [4.69, 9.17) is 11.6 Å². The van der Waals surface area contributed by atoms with Gasteiger partial charge in [0.2, 0.25) is 11.8 Å². The van der Waals surface area contributed by atoms with E-state index < -0.39 is 28.5 Å². The van der Waals surface area contributed by atoms with Crippen LogP contribution in [0.2, 0.25) is 5.02 Å². The maximum atomic E-state index is 14.1. The lowest BCUT2D eigenvalue weighted by atomic mass is 10.1.